The van der Waals surface area contributed by atoms with Crippen molar-refractivity contribution >= 4 is 11.9 Å². The summed E-state index contributed by atoms with van der Waals surface area (Å²) in [5.41, 5.74) is 2.27. The maximum Gasteiger partial charge on any atom is 0.333 e. The molecule has 1 aliphatic rings. The van der Waals surface area contributed by atoms with Crippen LogP contribution in [0.1, 0.15) is 27.5 Å². The molecule has 0 N–H and O–H groups in total. The first-order chi connectivity index (χ1) is 10.2. The Kier molecular flexibility index (Phi) is 3.44. The van der Waals surface area contributed by atoms with E-state index in [-0.39, 0.29) is 5.91 Å². The highest BCUT2D eigenvalue weighted by molar-refractivity contribution is 6.03. The van der Waals surface area contributed by atoms with E-state index in [9.17, 15) is 9.59 Å². The average Bonchev–Trinajstić information content (AvgIpc) is 2.81. The number of fused-ring (bicyclic) bond motifs is 1. The normalized spacial score (nSPS) is 16.7. The number of ether oxygens (including phenoxy) is 1. The topological polar surface area (TPSA) is 46.6 Å². The van der Waals surface area contributed by atoms with Crippen molar-refractivity contribution in [2.45, 2.75) is 12.6 Å². The van der Waals surface area contributed by atoms with Crippen LogP contribution in [0, 0.1) is 0 Å². The summed E-state index contributed by atoms with van der Waals surface area (Å²) in [6.45, 7) is 0.383. The Morgan fingerprint density at radius 1 is 1.10 bits per heavy atom. The van der Waals surface area contributed by atoms with Gasteiger partial charge in [0.15, 0.2) is 6.04 Å². The van der Waals surface area contributed by atoms with E-state index >= 15 is 0 Å². The van der Waals surface area contributed by atoms with Gasteiger partial charge < -0.3 is 9.64 Å². The smallest absolute Gasteiger partial charge is 0.333 e. The van der Waals surface area contributed by atoms with Gasteiger partial charge >= 0.3 is 5.97 Å². The fourth-order valence-electron chi connectivity index (χ4n) is 2.68. The summed E-state index contributed by atoms with van der Waals surface area (Å²) in [7, 11) is 1.34. The summed E-state index contributed by atoms with van der Waals surface area (Å²) in [4.78, 5) is 26.2. The Hall–Kier alpha value is -2.62. The molecule has 0 spiro atoms. The van der Waals surface area contributed by atoms with E-state index < -0.39 is 12.0 Å². The molecule has 0 saturated carbocycles. The van der Waals surface area contributed by atoms with Gasteiger partial charge in [0.2, 0.25) is 0 Å². The first kappa shape index (κ1) is 13.4. The van der Waals surface area contributed by atoms with Crippen molar-refractivity contribution < 1.29 is 14.3 Å². The van der Waals surface area contributed by atoms with Crippen molar-refractivity contribution in [1.29, 1.82) is 0 Å². The molecule has 0 aromatic heterocycles. The minimum absolute atomic E-state index is 0.134. The van der Waals surface area contributed by atoms with Crippen molar-refractivity contribution in [2.24, 2.45) is 0 Å². The number of esters is 1. The van der Waals surface area contributed by atoms with Crippen molar-refractivity contribution in [1.82, 2.24) is 4.90 Å². The monoisotopic (exact) mass is 281 g/mol. The predicted molar refractivity (Wildman–Crippen MR) is 77.5 cm³/mol. The molecule has 1 aliphatic heterocycles. The molecular weight excluding hydrogens is 266 g/mol. The highest BCUT2D eigenvalue weighted by atomic mass is 16.5. The number of methoxy groups -OCH3 is 1. The van der Waals surface area contributed by atoms with Gasteiger partial charge in [0.1, 0.15) is 0 Å². The second kappa shape index (κ2) is 5.40. The summed E-state index contributed by atoms with van der Waals surface area (Å²) in [5, 5.41) is 0. The van der Waals surface area contributed by atoms with E-state index in [0.717, 1.165) is 5.56 Å². The quantitative estimate of drug-likeness (QED) is 0.812. The van der Waals surface area contributed by atoms with Gasteiger partial charge in [0.05, 0.1) is 7.11 Å². The van der Waals surface area contributed by atoms with Crippen LogP contribution in [0.4, 0.5) is 0 Å². The van der Waals surface area contributed by atoms with Crippen molar-refractivity contribution in [3.8, 4) is 0 Å². The van der Waals surface area contributed by atoms with E-state index in [1.165, 1.54) is 7.11 Å². The lowest BCUT2D eigenvalue weighted by atomic mass is 10.0. The Labute approximate surface area is 123 Å². The van der Waals surface area contributed by atoms with E-state index in [2.05, 4.69) is 0 Å². The van der Waals surface area contributed by atoms with Crippen LogP contribution in [-0.4, -0.2) is 23.9 Å². The van der Waals surface area contributed by atoms with E-state index in [4.69, 9.17) is 4.74 Å². The molecule has 0 bridgehead atoms. The summed E-state index contributed by atoms with van der Waals surface area (Å²) < 4.78 is 4.87. The highest BCUT2D eigenvalue weighted by Gasteiger charge is 2.41. The van der Waals surface area contributed by atoms with Crippen LogP contribution in [0.3, 0.4) is 0 Å². The van der Waals surface area contributed by atoms with Crippen LogP contribution >= 0.6 is 0 Å². The number of carbonyl (C=O) groups is 2. The van der Waals surface area contributed by atoms with Gasteiger partial charge in [-0.2, -0.15) is 0 Å². The molecule has 1 atom stereocenters. The molecule has 3 rings (SSSR count). The number of nitrogens with zero attached hydrogens (tertiary/aromatic N) is 1. The van der Waals surface area contributed by atoms with Crippen LogP contribution in [0.2, 0.25) is 0 Å². The fraction of sp³-hybridized carbons (Fsp3) is 0.176. The molecule has 4 nitrogen and oxygen atoms in total. The van der Waals surface area contributed by atoms with Crippen molar-refractivity contribution in [2.75, 3.05) is 7.11 Å². The lowest BCUT2D eigenvalue weighted by molar-refractivity contribution is -0.146. The number of amides is 1. The minimum atomic E-state index is -0.668. The summed E-state index contributed by atoms with van der Waals surface area (Å²) in [5.74, 6) is -0.547. The number of benzene rings is 2. The molecule has 0 aliphatic carbocycles. The third-order valence-corrected chi connectivity index (χ3v) is 3.68. The van der Waals surface area contributed by atoms with Gasteiger partial charge in [-0.15, -0.1) is 0 Å². The zero-order valence-electron chi connectivity index (χ0n) is 11.7. The van der Waals surface area contributed by atoms with Gasteiger partial charge in [0, 0.05) is 12.1 Å². The number of hydrogen-bond acceptors (Lipinski definition) is 3. The summed E-state index contributed by atoms with van der Waals surface area (Å²) in [6.07, 6.45) is 0. The standard InChI is InChI=1S/C17H15NO3/c1-21-17(20)15-13-9-5-6-10-14(13)16(19)18(15)11-12-7-3-2-4-8-12/h2-10,15H,11H2,1H3/t15-/m0/s1. The van der Waals surface area contributed by atoms with Crippen LogP contribution < -0.4 is 0 Å². The molecule has 0 fully saturated rings. The lowest BCUT2D eigenvalue weighted by Crippen LogP contribution is -2.32. The van der Waals surface area contributed by atoms with Gasteiger partial charge in [-0.3, -0.25) is 4.79 Å². The molecule has 2 aromatic carbocycles. The number of hydrogen-bond donors (Lipinski definition) is 0. The highest BCUT2D eigenvalue weighted by Crippen LogP contribution is 2.35. The van der Waals surface area contributed by atoms with Gasteiger partial charge in [-0.1, -0.05) is 48.5 Å². The zero-order chi connectivity index (χ0) is 14.8. The van der Waals surface area contributed by atoms with E-state index in [1.54, 1.807) is 23.1 Å². The van der Waals surface area contributed by atoms with Crippen LogP contribution in [0.15, 0.2) is 54.6 Å². The molecule has 2 aromatic rings. The first-order valence-electron chi connectivity index (χ1n) is 6.74. The fourth-order valence-corrected chi connectivity index (χ4v) is 2.68. The molecule has 4 heteroatoms. The maximum atomic E-state index is 12.6. The second-order valence-electron chi connectivity index (χ2n) is 4.93. The Bertz CT molecular complexity index is 681. The molecule has 1 amide bonds. The average molecular weight is 281 g/mol. The van der Waals surface area contributed by atoms with Crippen LogP contribution in [-0.2, 0) is 16.1 Å². The van der Waals surface area contributed by atoms with Crippen LogP contribution in [0.5, 0.6) is 0 Å². The third-order valence-electron chi connectivity index (χ3n) is 3.68. The summed E-state index contributed by atoms with van der Waals surface area (Å²) in [6, 6.07) is 16.1. The molecule has 21 heavy (non-hydrogen) atoms. The Balaban J connectivity index is 1.99. The van der Waals surface area contributed by atoms with Crippen molar-refractivity contribution in [3.05, 3.63) is 71.3 Å². The van der Waals surface area contributed by atoms with Gasteiger partial charge in [-0.25, -0.2) is 4.79 Å². The number of carbonyl (C=O) groups excluding carboxylic acids is 2. The first-order valence-corrected chi connectivity index (χ1v) is 6.74. The molecule has 0 unspecified atom stereocenters. The van der Waals surface area contributed by atoms with E-state index in [0.29, 0.717) is 17.7 Å². The molecule has 0 saturated heterocycles. The van der Waals surface area contributed by atoms with E-state index in [1.807, 2.05) is 36.4 Å². The third kappa shape index (κ3) is 2.29. The van der Waals surface area contributed by atoms with Crippen molar-refractivity contribution in [3.63, 3.8) is 0 Å². The minimum Gasteiger partial charge on any atom is -0.467 e. The molecule has 1 heterocycles. The predicted octanol–water partition coefficient (Wildman–Crippen LogP) is 2.56. The summed E-state index contributed by atoms with van der Waals surface area (Å²) >= 11 is 0. The van der Waals surface area contributed by atoms with Gasteiger partial charge in [-0.05, 0) is 17.2 Å². The molecule has 0 radical (unpaired) electrons. The van der Waals surface area contributed by atoms with Gasteiger partial charge in [0.25, 0.3) is 5.91 Å². The Morgan fingerprint density at radius 2 is 1.76 bits per heavy atom. The Morgan fingerprint density at radius 3 is 2.48 bits per heavy atom. The lowest BCUT2D eigenvalue weighted by Gasteiger charge is -2.23. The zero-order valence-corrected chi connectivity index (χ0v) is 11.7. The SMILES string of the molecule is COC(=O)[C@@H]1c2ccccc2C(=O)N1Cc1ccccc1. The second-order valence-corrected chi connectivity index (χ2v) is 4.93. The maximum absolute atomic E-state index is 12.6. The number of rotatable bonds is 3. The van der Waals surface area contributed by atoms with Crippen LogP contribution in [0.25, 0.3) is 0 Å². The largest absolute Gasteiger partial charge is 0.467 e. The molecular formula is C17H15NO3. The molecule has 106 valence electrons.